The van der Waals surface area contributed by atoms with E-state index in [9.17, 15) is 4.79 Å². The Bertz CT molecular complexity index is 733. The average molecular weight is 300 g/mol. The fraction of sp³-hybridized carbons (Fsp3) is 0.133. The second-order valence-corrected chi connectivity index (χ2v) is 5.00. The molecule has 0 aliphatic rings. The first-order valence-electron chi connectivity index (χ1n) is 6.41. The molecule has 5 nitrogen and oxygen atoms in total. The van der Waals surface area contributed by atoms with Gasteiger partial charge in [0.2, 0.25) is 5.89 Å². The van der Waals surface area contributed by atoms with E-state index in [-0.39, 0.29) is 12.5 Å². The predicted octanol–water partition coefficient (Wildman–Crippen LogP) is 3.64. The van der Waals surface area contributed by atoms with Gasteiger partial charge in [0.1, 0.15) is 0 Å². The summed E-state index contributed by atoms with van der Waals surface area (Å²) in [5.41, 5.74) is 3.05. The Morgan fingerprint density at radius 1 is 1.14 bits per heavy atom. The summed E-state index contributed by atoms with van der Waals surface area (Å²) in [4.78, 5) is 11.5. The summed E-state index contributed by atoms with van der Waals surface area (Å²) in [7, 11) is 0. The van der Waals surface area contributed by atoms with Crippen LogP contribution in [0.1, 0.15) is 17.6 Å². The highest BCUT2D eigenvalue weighted by atomic mass is 32.1. The van der Waals surface area contributed by atoms with E-state index < -0.39 is 5.97 Å². The SMILES string of the molecule is CCOC(=O)c1nnc(-c2ccc(-c3ccsc3)cc2)o1. The van der Waals surface area contributed by atoms with E-state index in [0.717, 1.165) is 11.1 Å². The molecule has 0 N–H and O–H groups in total. The molecule has 1 aromatic carbocycles. The fourth-order valence-corrected chi connectivity index (χ4v) is 2.51. The molecule has 0 spiro atoms. The molecule has 0 bridgehead atoms. The monoisotopic (exact) mass is 300 g/mol. The van der Waals surface area contributed by atoms with Crippen LogP contribution in [0.15, 0.2) is 45.5 Å². The number of hydrogen-bond acceptors (Lipinski definition) is 6. The van der Waals surface area contributed by atoms with Crippen molar-refractivity contribution < 1.29 is 13.9 Å². The van der Waals surface area contributed by atoms with Crippen LogP contribution in [-0.4, -0.2) is 22.8 Å². The van der Waals surface area contributed by atoms with Crippen LogP contribution in [0.3, 0.4) is 0 Å². The molecule has 0 fully saturated rings. The van der Waals surface area contributed by atoms with Crippen molar-refractivity contribution >= 4 is 17.3 Å². The minimum Gasteiger partial charge on any atom is -0.459 e. The predicted molar refractivity (Wildman–Crippen MR) is 79.0 cm³/mol. The zero-order chi connectivity index (χ0) is 14.7. The van der Waals surface area contributed by atoms with Crippen LogP contribution in [0, 0.1) is 0 Å². The molecular weight excluding hydrogens is 288 g/mol. The summed E-state index contributed by atoms with van der Waals surface area (Å²) in [6.45, 7) is 1.99. The van der Waals surface area contributed by atoms with Gasteiger partial charge in [0.05, 0.1) is 6.61 Å². The average Bonchev–Trinajstić information content (AvgIpc) is 3.19. The number of rotatable bonds is 4. The highest BCUT2D eigenvalue weighted by Crippen LogP contribution is 2.25. The van der Waals surface area contributed by atoms with Crippen LogP contribution in [0.2, 0.25) is 0 Å². The van der Waals surface area contributed by atoms with Gasteiger partial charge in [-0.25, -0.2) is 4.79 Å². The normalized spacial score (nSPS) is 10.5. The van der Waals surface area contributed by atoms with Crippen LogP contribution < -0.4 is 0 Å². The summed E-state index contributed by atoms with van der Waals surface area (Å²) in [5, 5.41) is 11.7. The Balaban J connectivity index is 1.83. The Morgan fingerprint density at radius 2 is 1.90 bits per heavy atom. The fourth-order valence-electron chi connectivity index (χ4n) is 1.85. The van der Waals surface area contributed by atoms with Crippen molar-refractivity contribution in [2.75, 3.05) is 6.61 Å². The van der Waals surface area contributed by atoms with Gasteiger partial charge >= 0.3 is 11.9 Å². The molecule has 0 amide bonds. The summed E-state index contributed by atoms with van der Waals surface area (Å²) in [6, 6.07) is 9.79. The maximum atomic E-state index is 11.5. The van der Waals surface area contributed by atoms with E-state index in [2.05, 4.69) is 21.6 Å². The largest absolute Gasteiger partial charge is 0.459 e. The second kappa shape index (κ2) is 5.88. The molecule has 0 radical (unpaired) electrons. The maximum Gasteiger partial charge on any atom is 0.396 e. The Morgan fingerprint density at radius 3 is 2.57 bits per heavy atom. The van der Waals surface area contributed by atoms with Gasteiger partial charge in [0.25, 0.3) is 0 Å². The first kappa shape index (κ1) is 13.5. The first-order chi connectivity index (χ1) is 10.3. The molecule has 0 atom stereocenters. The lowest BCUT2D eigenvalue weighted by atomic mass is 10.1. The lowest BCUT2D eigenvalue weighted by Crippen LogP contribution is -2.04. The molecule has 0 saturated carbocycles. The van der Waals surface area contributed by atoms with Gasteiger partial charge in [-0.1, -0.05) is 12.1 Å². The van der Waals surface area contributed by atoms with Crippen molar-refractivity contribution in [3.63, 3.8) is 0 Å². The van der Waals surface area contributed by atoms with E-state index in [4.69, 9.17) is 9.15 Å². The number of carbonyl (C=O) groups excluding carboxylic acids is 1. The number of thiophene rings is 1. The van der Waals surface area contributed by atoms with Gasteiger partial charge in [-0.2, -0.15) is 11.3 Å². The van der Waals surface area contributed by atoms with Gasteiger partial charge in [0.15, 0.2) is 0 Å². The van der Waals surface area contributed by atoms with Gasteiger partial charge < -0.3 is 9.15 Å². The smallest absolute Gasteiger partial charge is 0.396 e. The summed E-state index contributed by atoms with van der Waals surface area (Å²) >= 11 is 1.65. The van der Waals surface area contributed by atoms with Crippen LogP contribution in [0.4, 0.5) is 0 Å². The number of carbonyl (C=O) groups is 1. The molecule has 3 rings (SSSR count). The van der Waals surface area contributed by atoms with Gasteiger partial charge in [0, 0.05) is 5.56 Å². The van der Waals surface area contributed by atoms with Crippen LogP contribution >= 0.6 is 11.3 Å². The van der Waals surface area contributed by atoms with Crippen LogP contribution in [0.25, 0.3) is 22.6 Å². The summed E-state index contributed by atoms with van der Waals surface area (Å²) in [5.74, 6) is -0.435. The third-order valence-electron chi connectivity index (χ3n) is 2.86. The second-order valence-electron chi connectivity index (χ2n) is 4.22. The van der Waals surface area contributed by atoms with Crippen molar-refractivity contribution in [3.05, 3.63) is 47.0 Å². The van der Waals surface area contributed by atoms with Gasteiger partial charge in [-0.05, 0) is 47.0 Å². The van der Waals surface area contributed by atoms with Crippen molar-refractivity contribution in [2.24, 2.45) is 0 Å². The van der Waals surface area contributed by atoms with Crippen LogP contribution in [-0.2, 0) is 4.74 Å². The quantitative estimate of drug-likeness (QED) is 0.688. The summed E-state index contributed by atoms with van der Waals surface area (Å²) in [6.07, 6.45) is 0. The zero-order valence-electron chi connectivity index (χ0n) is 11.3. The maximum absolute atomic E-state index is 11.5. The topological polar surface area (TPSA) is 65.2 Å². The molecule has 0 unspecified atom stereocenters. The molecule has 2 heterocycles. The summed E-state index contributed by atoms with van der Waals surface area (Å²) < 4.78 is 10.1. The molecule has 6 heteroatoms. The number of hydrogen-bond donors (Lipinski definition) is 0. The highest BCUT2D eigenvalue weighted by molar-refractivity contribution is 7.08. The number of benzene rings is 1. The Kier molecular flexibility index (Phi) is 3.79. The minimum absolute atomic E-state index is 0.131. The molecule has 106 valence electrons. The molecule has 0 aliphatic heterocycles. The third-order valence-corrected chi connectivity index (χ3v) is 3.54. The van der Waals surface area contributed by atoms with E-state index in [1.165, 1.54) is 5.56 Å². The van der Waals surface area contributed by atoms with Crippen molar-refractivity contribution in [2.45, 2.75) is 6.92 Å². The lowest BCUT2D eigenvalue weighted by molar-refractivity contribution is 0.0481. The third kappa shape index (κ3) is 2.85. The van der Waals surface area contributed by atoms with Crippen molar-refractivity contribution in [3.8, 4) is 22.6 Å². The molecule has 0 aliphatic carbocycles. The van der Waals surface area contributed by atoms with Gasteiger partial charge in [-0.3, -0.25) is 0 Å². The lowest BCUT2D eigenvalue weighted by Gasteiger charge is -1.99. The molecular formula is C15H12N2O3S. The highest BCUT2D eigenvalue weighted by Gasteiger charge is 2.16. The number of esters is 1. The van der Waals surface area contributed by atoms with Gasteiger partial charge in [-0.15, -0.1) is 10.2 Å². The van der Waals surface area contributed by atoms with E-state index in [1.807, 2.05) is 29.6 Å². The Labute approximate surface area is 125 Å². The van der Waals surface area contributed by atoms with Crippen molar-refractivity contribution in [1.29, 1.82) is 0 Å². The van der Waals surface area contributed by atoms with E-state index >= 15 is 0 Å². The molecule has 3 aromatic rings. The zero-order valence-corrected chi connectivity index (χ0v) is 12.1. The van der Waals surface area contributed by atoms with Crippen molar-refractivity contribution in [1.82, 2.24) is 10.2 Å². The molecule has 0 saturated heterocycles. The minimum atomic E-state index is -0.605. The molecule has 2 aromatic heterocycles. The molecule has 21 heavy (non-hydrogen) atoms. The Hall–Kier alpha value is -2.47. The number of aromatic nitrogens is 2. The number of ether oxygens (including phenoxy) is 1. The van der Waals surface area contributed by atoms with Crippen LogP contribution in [0.5, 0.6) is 0 Å². The van der Waals surface area contributed by atoms with E-state index in [0.29, 0.717) is 5.89 Å². The first-order valence-corrected chi connectivity index (χ1v) is 7.36. The number of nitrogens with zero attached hydrogens (tertiary/aromatic N) is 2. The van der Waals surface area contributed by atoms with E-state index in [1.54, 1.807) is 18.3 Å². The standard InChI is InChI=1S/C15H12N2O3S/c1-2-19-15(18)14-17-16-13(20-14)11-5-3-10(4-6-11)12-7-8-21-9-12/h3-9H,2H2,1H3.